The molecule has 0 bridgehead atoms. The van der Waals surface area contributed by atoms with Crippen molar-refractivity contribution in [3.05, 3.63) is 34.9 Å². The van der Waals surface area contributed by atoms with Crippen LogP contribution >= 0.6 is 11.6 Å². The van der Waals surface area contributed by atoms with Crippen LogP contribution < -0.4 is 10.5 Å². The van der Waals surface area contributed by atoms with Gasteiger partial charge >= 0.3 is 10.3 Å². The summed E-state index contributed by atoms with van der Waals surface area (Å²) in [4.78, 5) is 12.1. The molecule has 11 nitrogen and oxygen atoms in total. The summed E-state index contributed by atoms with van der Waals surface area (Å²) in [6, 6.07) is 6.83. The smallest absolute Gasteiger partial charge is 0.333 e. The van der Waals surface area contributed by atoms with E-state index in [1.165, 1.54) is 0 Å². The Hall–Kier alpha value is -1.19. The Labute approximate surface area is 229 Å². The number of ketones is 1. The van der Waals surface area contributed by atoms with Crippen molar-refractivity contribution in [2.24, 2.45) is 5.14 Å². The monoisotopic (exact) mass is 578 g/mol. The van der Waals surface area contributed by atoms with Crippen LogP contribution in [0.25, 0.3) is 0 Å². The number of Topliss-reactive ketones (excluding diaryl/α,β-unsaturated/α-hetero) is 1. The number of nitrogens with two attached hydrogens (primary N) is 1. The fourth-order valence-corrected chi connectivity index (χ4v) is 5.24. The van der Waals surface area contributed by atoms with Gasteiger partial charge in [-0.25, -0.2) is 5.14 Å². The zero-order valence-corrected chi connectivity index (χ0v) is 24.6. The van der Waals surface area contributed by atoms with E-state index in [0.29, 0.717) is 10.6 Å². The average Bonchev–Trinajstić information content (AvgIpc) is 3.21. The van der Waals surface area contributed by atoms with Gasteiger partial charge in [0.05, 0.1) is 12.6 Å². The first kappa shape index (κ1) is 31.3. The second-order valence-corrected chi connectivity index (χ2v) is 13.2. The molecule has 3 heterocycles. The first-order valence-corrected chi connectivity index (χ1v) is 14.2. The largest absolute Gasteiger partial charge is 0.343 e. The minimum absolute atomic E-state index is 0.0671. The van der Waals surface area contributed by atoms with E-state index in [-0.39, 0.29) is 30.1 Å². The molecule has 3 fully saturated rings. The van der Waals surface area contributed by atoms with E-state index in [2.05, 4.69) is 5.32 Å². The lowest BCUT2D eigenvalue weighted by Crippen LogP contribution is -2.60. The van der Waals surface area contributed by atoms with Gasteiger partial charge in [-0.1, -0.05) is 23.7 Å². The number of benzene rings is 1. The molecule has 216 valence electrons. The van der Waals surface area contributed by atoms with Crippen LogP contribution in [0.1, 0.15) is 65.7 Å². The van der Waals surface area contributed by atoms with Gasteiger partial charge in [0.15, 0.2) is 17.4 Å². The SMILES string of the molecule is CC(NC(C)(C)C)C(=O)c1cccc(Cl)c1.CC1(C)O[C@@H]2[C@@H](CO[C@@]3(COS(N)(=O)=O)OC(C)(C)O[C@@H]23)O1. The molecule has 0 aromatic heterocycles. The number of carbonyl (C=O) groups excluding carboxylic acids is 1. The maximum absolute atomic E-state index is 12.1. The second-order valence-electron chi connectivity index (χ2n) is 11.5. The highest BCUT2D eigenvalue weighted by atomic mass is 35.5. The van der Waals surface area contributed by atoms with Crippen LogP contribution in [0.2, 0.25) is 5.02 Å². The van der Waals surface area contributed by atoms with Crippen LogP contribution in [-0.4, -0.2) is 74.7 Å². The molecule has 0 saturated carbocycles. The second kappa shape index (κ2) is 11.0. The van der Waals surface area contributed by atoms with Crippen LogP contribution in [0.4, 0.5) is 0 Å². The third kappa shape index (κ3) is 8.17. The molecular weight excluding hydrogens is 540 g/mol. The number of ether oxygens (including phenoxy) is 5. The Morgan fingerprint density at radius 2 is 1.84 bits per heavy atom. The first-order valence-electron chi connectivity index (χ1n) is 12.3. The van der Waals surface area contributed by atoms with E-state index >= 15 is 0 Å². The number of rotatable bonds is 6. The Bertz CT molecular complexity index is 1120. The fraction of sp³-hybridized carbons (Fsp3) is 0.720. The summed E-state index contributed by atoms with van der Waals surface area (Å²) in [5, 5.41) is 8.73. The topological polar surface area (TPSA) is 145 Å². The molecule has 1 unspecified atom stereocenters. The molecule has 0 amide bonds. The van der Waals surface area contributed by atoms with E-state index < -0.39 is 46.5 Å². The number of nitrogens with one attached hydrogen (secondary N) is 1. The van der Waals surface area contributed by atoms with Gasteiger partial charge in [0.25, 0.3) is 0 Å². The van der Waals surface area contributed by atoms with Gasteiger partial charge in [-0.15, -0.1) is 0 Å². The van der Waals surface area contributed by atoms with Crippen LogP contribution in [0.3, 0.4) is 0 Å². The van der Waals surface area contributed by atoms with Crippen molar-refractivity contribution in [1.82, 2.24) is 5.32 Å². The zero-order valence-electron chi connectivity index (χ0n) is 23.1. The Morgan fingerprint density at radius 1 is 1.18 bits per heavy atom. The third-order valence-electron chi connectivity index (χ3n) is 5.85. The maximum atomic E-state index is 12.1. The molecule has 3 aliphatic heterocycles. The number of carbonyl (C=O) groups is 1. The fourth-order valence-electron chi connectivity index (χ4n) is 4.72. The molecule has 1 aromatic carbocycles. The van der Waals surface area contributed by atoms with Gasteiger partial charge in [0.2, 0.25) is 5.79 Å². The van der Waals surface area contributed by atoms with E-state index in [4.69, 9.17) is 44.6 Å². The van der Waals surface area contributed by atoms with Crippen LogP contribution in [-0.2, 0) is 38.2 Å². The molecule has 3 saturated heterocycles. The minimum atomic E-state index is -4.14. The quantitative estimate of drug-likeness (QED) is 0.483. The molecule has 3 N–H and O–H groups in total. The lowest BCUT2D eigenvalue weighted by atomic mass is 9.98. The summed E-state index contributed by atoms with van der Waals surface area (Å²) in [5.41, 5.74) is 0.574. The number of hydrogen-bond acceptors (Lipinski definition) is 10. The van der Waals surface area contributed by atoms with Crippen molar-refractivity contribution < 1.29 is 41.1 Å². The summed E-state index contributed by atoms with van der Waals surface area (Å²) in [5.74, 6) is -3.12. The lowest BCUT2D eigenvalue weighted by Gasteiger charge is -2.40. The van der Waals surface area contributed by atoms with E-state index in [1.807, 2.05) is 27.7 Å². The number of fused-ring (bicyclic) bond motifs is 3. The van der Waals surface area contributed by atoms with Gasteiger partial charge in [0, 0.05) is 16.1 Å². The van der Waals surface area contributed by atoms with Crippen molar-refractivity contribution in [3.63, 3.8) is 0 Å². The summed E-state index contributed by atoms with van der Waals surface area (Å²) < 4.78 is 55.9. The Kier molecular flexibility index (Phi) is 9.07. The highest BCUT2D eigenvalue weighted by Gasteiger charge is 2.65. The van der Waals surface area contributed by atoms with E-state index in [0.717, 1.165) is 0 Å². The van der Waals surface area contributed by atoms with Crippen LogP contribution in [0.15, 0.2) is 24.3 Å². The van der Waals surface area contributed by atoms with Crippen LogP contribution in [0.5, 0.6) is 0 Å². The number of hydrogen-bond donors (Lipinski definition) is 2. The Morgan fingerprint density at radius 3 is 2.42 bits per heavy atom. The highest BCUT2D eigenvalue weighted by molar-refractivity contribution is 7.84. The van der Waals surface area contributed by atoms with Gasteiger partial charge in [-0.05, 0) is 67.5 Å². The van der Waals surface area contributed by atoms with Gasteiger partial charge in [0.1, 0.15) is 24.9 Å². The molecule has 5 atom stereocenters. The van der Waals surface area contributed by atoms with Gasteiger partial charge in [-0.2, -0.15) is 8.42 Å². The van der Waals surface area contributed by atoms with Crippen molar-refractivity contribution in [1.29, 1.82) is 0 Å². The van der Waals surface area contributed by atoms with Crippen LogP contribution in [0, 0.1) is 0 Å². The van der Waals surface area contributed by atoms with E-state index in [9.17, 15) is 13.2 Å². The lowest BCUT2D eigenvalue weighted by molar-refractivity contribution is -0.290. The average molecular weight is 579 g/mol. The van der Waals surface area contributed by atoms with Crippen molar-refractivity contribution in [3.8, 4) is 0 Å². The van der Waals surface area contributed by atoms with Crippen molar-refractivity contribution in [2.45, 2.75) is 103 Å². The summed E-state index contributed by atoms with van der Waals surface area (Å²) in [7, 11) is -4.14. The molecule has 3 aliphatic rings. The molecule has 0 spiro atoms. The van der Waals surface area contributed by atoms with Gasteiger partial charge < -0.3 is 29.0 Å². The summed E-state index contributed by atoms with van der Waals surface area (Å²) >= 11 is 5.85. The molecular formula is C25H39ClN2O9S. The number of halogens is 1. The normalized spacial score (nSPS) is 30.5. The molecule has 38 heavy (non-hydrogen) atoms. The van der Waals surface area contributed by atoms with Crippen molar-refractivity contribution >= 4 is 27.7 Å². The standard InChI is InChI=1S/C13H18ClNO.C12H21NO8S/c1-9(15-13(2,3)4)12(16)10-6-5-7-11(14)8-10;1-10(2)18-7-5-16-12(6-17-22(13,14)15)9(8(7)19-10)20-11(3,4)21-12/h5-9,15H,1-4H3;7-9H,5-6H2,1-4H3,(H2,13,14,15)/t;7-,8-,9+,12+/m.1/s1. The Balaban J connectivity index is 0.000000223. The maximum Gasteiger partial charge on any atom is 0.333 e. The zero-order chi connectivity index (χ0) is 28.7. The molecule has 0 aliphatic carbocycles. The molecule has 4 rings (SSSR count). The van der Waals surface area contributed by atoms with E-state index in [1.54, 1.807) is 52.0 Å². The first-order chi connectivity index (χ1) is 17.2. The predicted molar refractivity (Wildman–Crippen MR) is 140 cm³/mol. The highest BCUT2D eigenvalue weighted by Crippen LogP contribution is 2.47. The third-order valence-corrected chi connectivity index (χ3v) is 6.53. The predicted octanol–water partition coefficient (Wildman–Crippen LogP) is 2.90. The van der Waals surface area contributed by atoms with Crippen molar-refractivity contribution in [2.75, 3.05) is 13.2 Å². The summed E-state index contributed by atoms with van der Waals surface area (Å²) in [6.45, 7) is 14.7. The minimum Gasteiger partial charge on any atom is -0.343 e. The van der Waals surface area contributed by atoms with Gasteiger partial charge in [-0.3, -0.25) is 8.98 Å². The molecule has 0 radical (unpaired) electrons. The molecule has 13 heteroatoms. The molecule has 1 aromatic rings. The summed E-state index contributed by atoms with van der Waals surface area (Å²) in [6.07, 6.45) is -1.50.